The van der Waals surface area contributed by atoms with Gasteiger partial charge < -0.3 is 5.32 Å². The summed E-state index contributed by atoms with van der Waals surface area (Å²) in [4.78, 5) is 3.87. The topological polar surface area (TPSA) is 45.1 Å². The molecule has 1 aromatic carbocycles. The van der Waals surface area contributed by atoms with Crippen molar-refractivity contribution >= 4 is 17.4 Å². The van der Waals surface area contributed by atoms with E-state index in [0.717, 1.165) is 53.3 Å². The van der Waals surface area contributed by atoms with Crippen LogP contribution in [0.1, 0.15) is 49.4 Å². The molecule has 0 aliphatic carbocycles. The van der Waals surface area contributed by atoms with Gasteiger partial charge in [-0.3, -0.25) is 5.10 Å². The minimum absolute atomic E-state index is 0.160. The second kappa shape index (κ2) is 6.47. The zero-order chi connectivity index (χ0) is 16.4. The van der Waals surface area contributed by atoms with E-state index in [1.165, 1.54) is 0 Å². The van der Waals surface area contributed by atoms with Crippen LogP contribution in [0, 0.1) is 6.57 Å². The van der Waals surface area contributed by atoms with Crippen molar-refractivity contribution in [2.75, 3.05) is 5.32 Å². The molecule has 0 radical (unpaired) electrons. The highest BCUT2D eigenvalue weighted by molar-refractivity contribution is 6.31. The van der Waals surface area contributed by atoms with Crippen molar-refractivity contribution in [1.29, 1.82) is 0 Å². The third kappa shape index (κ3) is 2.62. The Morgan fingerprint density at radius 1 is 1.30 bits per heavy atom. The third-order valence-corrected chi connectivity index (χ3v) is 4.56. The van der Waals surface area contributed by atoms with E-state index in [1.54, 1.807) is 0 Å². The molecule has 0 amide bonds. The number of aromatic nitrogens is 2. The number of halogens is 1. The number of benzene rings is 1. The molecule has 0 spiro atoms. The van der Waals surface area contributed by atoms with Crippen LogP contribution < -0.4 is 5.32 Å². The van der Waals surface area contributed by atoms with Gasteiger partial charge in [-0.25, -0.2) is 4.85 Å². The second-order valence-electron chi connectivity index (χ2n) is 5.62. The van der Waals surface area contributed by atoms with Crippen LogP contribution in [0.25, 0.3) is 4.85 Å². The van der Waals surface area contributed by atoms with Crippen LogP contribution in [-0.4, -0.2) is 10.2 Å². The normalized spacial score (nSPS) is 16.7. The number of hydrogen-bond acceptors (Lipinski definition) is 2. The summed E-state index contributed by atoms with van der Waals surface area (Å²) in [6.45, 7) is 11.9. The summed E-state index contributed by atoms with van der Waals surface area (Å²) in [6.07, 6.45) is 2.63. The summed E-state index contributed by atoms with van der Waals surface area (Å²) in [6, 6.07) is 7.77. The Morgan fingerprint density at radius 2 is 2.09 bits per heavy atom. The summed E-state index contributed by atoms with van der Waals surface area (Å²) in [5.74, 6) is 0.662. The Kier molecular flexibility index (Phi) is 4.40. The van der Waals surface area contributed by atoms with Gasteiger partial charge in [-0.05, 0) is 24.5 Å². The molecule has 0 saturated carbocycles. The molecule has 2 aromatic rings. The van der Waals surface area contributed by atoms with Gasteiger partial charge in [0.25, 0.3) is 0 Å². The summed E-state index contributed by atoms with van der Waals surface area (Å²) >= 11 is 6.46. The molecule has 23 heavy (non-hydrogen) atoms. The first-order chi connectivity index (χ1) is 11.2. The number of hydrogen-bond donors (Lipinski definition) is 2. The van der Waals surface area contributed by atoms with Crippen LogP contribution in [0.3, 0.4) is 0 Å². The number of H-pyrrole nitrogens is 1. The summed E-state index contributed by atoms with van der Waals surface area (Å²) in [5, 5.41) is 11.6. The number of anilines is 1. The van der Waals surface area contributed by atoms with E-state index in [0.29, 0.717) is 5.02 Å². The molecule has 4 nitrogen and oxygen atoms in total. The SMILES string of the molecule is [C-]#[N+]C1=C(CCC)Nc2n[nH]c(CC)c2C1c1ccccc1Cl. The lowest BCUT2D eigenvalue weighted by molar-refractivity contribution is 0.838. The molecule has 5 heteroatoms. The van der Waals surface area contributed by atoms with Crippen molar-refractivity contribution < 1.29 is 0 Å². The van der Waals surface area contributed by atoms with E-state index in [-0.39, 0.29) is 5.92 Å². The molecule has 0 bridgehead atoms. The number of nitrogens with one attached hydrogen (secondary N) is 2. The molecule has 0 saturated heterocycles. The Morgan fingerprint density at radius 3 is 2.74 bits per heavy atom. The average molecular weight is 327 g/mol. The number of aryl methyl sites for hydroxylation is 1. The fourth-order valence-electron chi connectivity index (χ4n) is 3.17. The number of fused-ring (bicyclic) bond motifs is 1. The third-order valence-electron chi connectivity index (χ3n) is 4.21. The van der Waals surface area contributed by atoms with Gasteiger partial charge >= 0.3 is 0 Å². The summed E-state index contributed by atoms with van der Waals surface area (Å²) < 4.78 is 0. The highest BCUT2D eigenvalue weighted by atomic mass is 35.5. The van der Waals surface area contributed by atoms with Crippen molar-refractivity contribution in [2.45, 2.75) is 39.0 Å². The van der Waals surface area contributed by atoms with Gasteiger partial charge in [0.1, 0.15) is 0 Å². The first-order valence-corrected chi connectivity index (χ1v) is 8.28. The molecule has 1 aromatic heterocycles. The number of nitrogens with zero attached hydrogens (tertiary/aromatic N) is 2. The van der Waals surface area contributed by atoms with E-state index in [9.17, 15) is 0 Å². The van der Waals surface area contributed by atoms with Crippen LogP contribution in [0.2, 0.25) is 5.02 Å². The molecule has 2 heterocycles. The van der Waals surface area contributed by atoms with Crippen molar-refractivity contribution in [3.8, 4) is 0 Å². The molecule has 1 atom stereocenters. The molecular weight excluding hydrogens is 308 g/mol. The van der Waals surface area contributed by atoms with E-state index < -0.39 is 0 Å². The van der Waals surface area contributed by atoms with Crippen LogP contribution in [0.15, 0.2) is 35.7 Å². The van der Waals surface area contributed by atoms with Gasteiger partial charge in [0.05, 0.1) is 12.5 Å². The number of aromatic amines is 1. The Hall–Kier alpha value is -2.25. The first kappa shape index (κ1) is 15.6. The minimum atomic E-state index is -0.160. The lowest BCUT2D eigenvalue weighted by Gasteiger charge is -2.27. The van der Waals surface area contributed by atoms with E-state index >= 15 is 0 Å². The van der Waals surface area contributed by atoms with Crippen molar-refractivity contribution in [1.82, 2.24) is 10.2 Å². The average Bonchev–Trinajstić information content (AvgIpc) is 2.97. The highest BCUT2D eigenvalue weighted by Crippen LogP contribution is 2.45. The van der Waals surface area contributed by atoms with Gasteiger partial charge in [-0.1, -0.05) is 50.1 Å². The van der Waals surface area contributed by atoms with Crippen LogP contribution in [-0.2, 0) is 6.42 Å². The van der Waals surface area contributed by atoms with Gasteiger partial charge in [-0.15, -0.1) is 0 Å². The highest BCUT2D eigenvalue weighted by Gasteiger charge is 2.34. The second-order valence-corrected chi connectivity index (χ2v) is 6.03. The lowest BCUT2D eigenvalue weighted by Crippen LogP contribution is -2.18. The predicted octanol–water partition coefficient (Wildman–Crippen LogP) is 5.11. The number of rotatable bonds is 4. The molecular formula is C18H19ClN4. The molecule has 1 aliphatic heterocycles. The maximum Gasteiger partial charge on any atom is 0.196 e. The van der Waals surface area contributed by atoms with Gasteiger partial charge in [0.2, 0.25) is 0 Å². The zero-order valence-electron chi connectivity index (χ0n) is 13.3. The van der Waals surface area contributed by atoms with E-state index in [2.05, 4.69) is 34.2 Å². The summed E-state index contributed by atoms with van der Waals surface area (Å²) in [5.41, 5.74) is 4.74. The number of allylic oxidation sites excluding steroid dienone is 2. The van der Waals surface area contributed by atoms with Crippen LogP contribution in [0.5, 0.6) is 0 Å². The van der Waals surface area contributed by atoms with E-state index in [4.69, 9.17) is 18.2 Å². The predicted molar refractivity (Wildman–Crippen MR) is 93.4 cm³/mol. The Bertz CT molecular complexity index is 798. The standard InChI is InChI=1S/C18H19ClN4/c1-4-8-14-17(20-3)15(11-9-6-7-10-12(11)19)16-13(5-2)22-23-18(16)21-14/h6-7,9-10,15H,4-5,8H2,1-2H3,(H2,21,22,23). The Labute approximate surface area is 141 Å². The maximum absolute atomic E-state index is 7.73. The fraction of sp³-hybridized carbons (Fsp3) is 0.333. The largest absolute Gasteiger partial charge is 0.352 e. The van der Waals surface area contributed by atoms with E-state index in [1.807, 2.05) is 24.3 Å². The molecule has 1 aliphatic rings. The van der Waals surface area contributed by atoms with Crippen molar-refractivity contribution in [3.05, 3.63) is 68.9 Å². The first-order valence-electron chi connectivity index (χ1n) is 7.90. The maximum atomic E-state index is 7.73. The molecule has 3 rings (SSSR count). The van der Waals surface area contributed by atoms with Crippen molar-refractivity contribution in [2.24, 2.45) is 0 Å². The zero-order valence-corrected chi connectivity index (χ0v) is 14.0. The van der Waals surface area contributed by atoms with Gasteiger partial charge in [0, 0.05) is 22.0 Å². The quantitative estimate of drug-likeness (QED) is 0.766. The van der Waals surface area contributed by atoms with Crippen LogP contribution >= 0.6 is 11.6 Å². The fourth-order valence-corrected chi connectivity index (χ4v) is 3.41. The van der Waals surface area contributed by atoms with Crippen molar-refractivity contribution in [3.63, 3.8) is 0 Å². The lowest BCUT2D eigenvalue weighted by atomic mass is 9.84. The Balaban J connectivity index is 2.25. The molecule has 118 valence electrons. The van der Waals surface area contributed by atoms with Crippen LogP contribution in [0.4, 0.5) is 5.82 Å². The van der Waals surface area contributed by atoms with Gasteiger partial charge in [0.15, 0.2) is 11.5 Å². The van der Waals surface area contributed by atoms with Gasteiger partial charge in [-0.2, -0.15) is 5.10 Å². The summed E-state index contributed by atoms with van der Waals surface area (Å²) in [7, 11) is 0. The molecule has 0 fully saturated rings. The molecule has 2 N–H and O–H groups in total. The minimum Gasteiger partial charge on any atom is -0.352 e. The monoisotopic (exact) mass is 326 g/mol. The molecule has 1 unspecified atom stereocenters. The smallest absolute Gasteiger partial charge is 0.196 e.